The van der Waals surface area contributed by atoms with E-state index in [1.54, 1.807) is 28.9 Å². The van der Waals surface area contributed by atoms with Gasteiger partial charge in [-0.3, -0.25) is 0 Å². The average molecular weight is 454 g/mol. The Hall–Kier alpha value is -4.41. The van der Waals surface area contributed by atoms with Gasteiger partial charge in [0.05, 0.1) is 11.4 Å². The summed E-state index contributed by atoms with van der Waals surface area (Å²) in [7, 11) is 0. The van der Waals surface area contributed by atoms with Crippen LogP contribution >= 0.6 is 0 Å². The molecule has 4 aromatic rings. The molecule has 2 aromatic carbocycles. The number of aryl methyl sites for hydroxylation is 2. The molecule has 11 heteroatoms. The highest BCUT2D eigenvalue weighted by atomic mass is 19.2. The number of nitrogens with zero attached hydrogens (tertiary/aromatic N) is 4. The van der Waals surface area contributed by atoms with Gasteiger partial charge in [-0.1, -0.05) is 0 Å². The maximum absolute atomic E-state index is 13.7. The van der Waals surface area contributed by atoms with E-state index >= 15 is 0 Å². The summed E-state index contributed by atoms with van der Waals surface area (Å²) >= 11 is 0. The van der Waals surface area contributed by atoms with E-state index in [-0.39, 0.29) is 5.88 Å². The van der Waals surface area contributed by atoms with Crippen molar-refractivity contribution in [3.8, 4) is 17.4 Å². The van der Waals surface area contributed by atoms with Crippen molar-refractivity contribution < 1.29 is 22.7 Å². The van der Waals surface area contributed by atoms with E-state index in [1.807, 2.05) is 19.9 Å². The number of nitrogens with one attached hydrogen (secondary N) is 2. The number of benzene rings is 2. The molecule has 2 heterocycles. The van der Waals surface area contributed by atoms with Crippen LogP contribution in [0.3, 0.4) is 0 Å². The van der Waals surface area contributed by atoms with Crippen LogP contribution in [0.25, 0.3) is 5.82 Å². The Morgan fingerprint density at radius 2 is 1.67 bits per heavy atom. The van der Waals surface area contributed by atoms with Gasteiger partial charge < -0.3 is 15.4 Å². The zero-order chi connectivity index (χ0) is 23.5. The van der Waals surface area contributed by atoms with Gasteiger partial charge >= 0.3 is 6.03 Å². The molecule has 2 aromatic heterocycles. The van der Waals surface area contributed by atoms with Crippen molar-refractivity contribution in [1.29, 1.82) is 0 Å². The summed E-state index contributed by atoms with van der Waals surface area (Å²) in [6.07, 6.45) is 0. The molecule has 0 aliphatic rings. The first kappa shape index (κ1) is 21.8. The van der Waals surface area contributed by atoms with Gasteiger partial charge in [0.25, 0.3) is 0 Å². The SMILES string of the molecule is Cc1cc(C)n(-c2ccc(Oc3ccc(NC(=O)Nc4ccc(F)c(F)c4F)cc3)nn2)n1. The Morgan fingerprint density at radius 1 is 0.909 bits per heavy atom. The molecule has 33 heavy (non-hydrogen) atoms. The van der Waals surface area contributed by atoms with Gasteiger partial charge in [-0.2, -0.15) is 5.10 Å². The number of rotatable bonds is 5. The molecule has 0 unspecified atom stereocenters. The summed E-state index contributed by atoms with van der Waals surface area (Å²) in [5, 5.41) is 17.1. The zero-order valence-electron chi connectivity index (χ0n) is 17.4. The van der Waals surface area contributed by atoms with Gasteiger partial charge in [-0.15, -0.1) is 10.2 Å². The van der Waals surface area contributed by atoms with Crippen LogP contribution in [-0.4, -0.2) is 26.0 Å². The fourth-order valence-corrected chi connectivity index (χ4v) is 2.98. The zero-order valence-corrected chi connectivity index (χ0v) is 17.4. The maximum atomic E-state index is 13.7. The van der Waals surface area contributed by atoms with Crippen LogP contribution in [0.2, 0.25) is 0 Å². The predicted octanol–water partition coefficient (Wildman–Crippen LogP) is 5.13. The Kier molecular flexibility index (Phi) is 5.94. The molecule has 0 radical (unpaired) electrons. The molecule has 0 bridgehead atoms. The number of hydrogen-bond acceptors (Lipinski definition) is 5. The number of ether oxygens (including phenoxy) is 1. The highest BCUT2D eigenvalue weighted by Crippen LogP contribution is 2.23. The second-order valence-electron chi connectivity index (χ2n) is 7.00. The van der Waals surface area contributed by atoms with Crippen molar-refractivity contribution in [3.63, 3.8) is 0 Å². The monoisotopic (exact) mass is 454 g/mol. The maximum Gasteiger partial charge on any atom is 0.323 e. The number of carbonyl (C=O) groups excluding carboxylic acids is 1. The van der Waals surface area contributed by atoms with Crippen LogP contribution in [0, 0.1) is 31.3 Å². The summed E-state index contributed by atoms with van der Waals surface area (Å²) in [4.78, 5) is 12.0. The Labute approximate surface area is 186 Å². The van der Waals surface area contributed by atoms with Gasteiger partial charge in [-0.05, 0) is 62.4 Å². The summed E-state index contributed by atoms with van der Waals surface area (Å²) in [6.45, 7) is 3.80. The largest absolute Gasteiger partial charge is 0.438 e. The summed E-state index contributed by atoms with van der Waals surface area (Å²) < 4.78 is 47.2. The minimum atomic E-state index is -1.67. The third-order valence-corrected chi connectivity index (χ3v) is 4.47. The van der Waals surface area contributed by atoms with Crippen molar-refractivity contribution in [2.45, 2.75) is 13.8 Å². The number of anilines is 2. The molecule has 2 N–H and O–H groups in total. The Balaban J connectivity index is 1.37. The van der Waals surface area contributed by atoms with Crippen LogP contribution < -0.4 is 15.4 Å². The summed E-state index contributed by atoms with van der Waals surface area (Å²) in [5.74, 6) is -3.26. The number of urea groups is 1. The minimum absolute atomic E-state index is 0.257. The first-order chi connectivity index (χ1) is 15.8. The van der Waals surface area contributed by atoms with E-state index in [2.05, 4.69) is 25.9 Å². The van der Waals surface area contributed by atoms with Crippen molar-refractivity contribution in [3.05, 3.63) is 83.4 Å². The second-order valence-corrected chi connectivity index (χ2v) is 7.00. The molecule has 0 aliphatic heterocycles. The van der Waals surface area contributed by atoms with E-state index < -0.39 is 29.2 Å². The van der Waals surface area contributed by atoms with Gasteiger partial charge in [0.15, 0.2) is 23.3 Å². The molecule has 0 saturated carbocycles. The smallest absolute Gasteiger partial charge is 0.323 e. The first-order valence-electron chi connectivity index (χ1n) is 9.67. The van der Waals surface area contributed by atoms with Crippen molar-refractivity contribution >= 4 is 17.4 Å². The Bertz CT molecular complexity index is 1310. The average Bonchev–Trinajstić information content (AvgIpc) is 3.14. The summed E-state index contributed by atoms with van der Waals surface area (Å²) in [5.41, 5.74) is 1.66. The fourth-order valence-electron chi connectivity index (χ4n) is 2.98. The van der Waals surface area contributed by atoms with Crippen LogP contribution in [0.4, 0.5) is 29.3 Å². The quantitative estimate of drug-likeness (QED) is 0.408. The number of aromatic nitrogens is 4. The molecular formula is C22H17F3N6O2. The standard InChI is InChI=1S/C22H17F3N6O2/c1-12-11-13(2)31(30-12)18-9-10-19(29-28-18)33-15-5-3-14(4-6-15)26-22(32)27-17-8-7-16(23)20(24)21(17)25/h3-11H,1-2H3,(H2,26,27,32). The number of halogens is 3. The first-order valence-corrected chi connectivity index (χ1v) is 9.67. The molecule has 0 spiro atoms. The van der Waals surface area contributed by atoms with Crippen molar-refractivity contribution in [2.24, 2.45) is 0 Å². The van der Waals surface area contributed by atoms with Gasteiger partial charge in [0.2, 0.25) is 5.88 Å². The van der Waals surface area contributed by atoms with Crippen molar-refractivity contribution in [2.75, 3.05) is 10.6 Å². The van der Waals surface area contributed by atoms with E-state index in [9.17, 15) is 18.0 Å². The molecule has 8 nitrogen and oxygen atoms in total. The summed E-state index contributed by atoms with van der Waals surface area (Å²) in [6, 6.07) is 12.3. The predicted molar refractivity (Wildman–Crippen MR) is 114 cm³/mol. The lowest BCUT2D eigenvalue weighted by atomic mass is 10.3. The van der Waals surface area contributed by atoms with Crippen molar-refractivity contribution in [1.82, 2.24) is 20.0 Å². The van der Waals surface area contributed by atoms with Gasteiger partial charge in [0, 0.05) is 17.4 Å². The van der Waals surface area contributed by atoms with E-state index in [1.165, 1.54) is 12.1 Å². The lowest BCUT2D eigenvalue weighted by Crippen LogP contribution is -2.20. The van der Waals surface area contributed by atoms with E-state index in [0.29, 0.717) is 23.3 Å². The third-order valence-electron chi connectivity index (χ3n) is 4.47. The lowest BCUT2D eigenvalue weighted by molar-refractivity contribution is 0.262. The number of amides is 2. The molecule has 0 saturated heterocycles. The van der Waals surface area contributed by atoms with Gasteiger partial charge in [-0.25, -0.2) is 22.6 Å². The van der Waals surface area contributed by atoms with E-state index in [4.69, 9.17) is 4.74 Å². The highest BCUT2D eigenvalue weighted by Gasteiger charge is 2.15. The number of hydrogen-bond donors (Lipinski definition) is 2. The van der Waals surface area contributed by atoms with Crippen LogP contribution in [0.15, 0.2) is 54.6 Å². The van der Waals surface area contributed by atoms with Gasteiger partial charge in [0.1, 0.15) is 5.75 Å². The third kappa shape index (κ3) is 4.92. The molecule has 4 rings (SSSR count). The second kappa shape index (κ2) is 8.99. The molecule has 168 valence electrons. The Morgan fingerprint density at radius 3 is 2.30 bits per heavy atom. The van der Waals surface area contributed by atoms with Crippen LogP contribution in [0.1, 0.15) is 11.4 Å². The lowest BCUT2D eigenvalue weighted by Gasteiger charge is -2.10. The van der Waals surface area contributed by atoms with E-state index in [0.717, 1.165) is 17.5 Å². The molecule has 2 amide bonds. The molecule has 0 fully saturated rings. The number of carbonyl (C=O) groups is 1. The topological polar surface area (TPSA) is 94.0 Å². The normalized spacial score (nSPS) is 10.7. The molecular weight excluding hydrogens is 437 g/mol. The molecule has 0 atom stereocenters. The highest BCUT2D eigenvalue weighted by molar-refractivity contribution is 5.99. The van der Waals surface area contributed by atoms with Crippen LogP contribution in [-0.2, 0) is 0 Å². The fraction of sp³-hybridized carbons (Fsp3) is 0.0909. The minimum Gasteiger partial charge on any atom is -0.438 e. The molecule has 0 aliphatic carbocycles. The van der Waals surface area contributed by atoms with Crippen LogP contribution in [0.5, 0.6) is 11.6 Å².